The summed E-state index contributed by atoms with van der Waals surface area (Å²) in [7, 11) is 0. The van der Waals surface area contributed by atoms with E-state index in [-0.39, 0.29) is 0 Å². The van der Waals surface area contributed by atoms with Crippen molar-refractivity contribution in [2.75, 3.05) is 44.2 Å². The molecule has 5 rings (SSSR count). The van der Waals surface area contributed by atoms with E-state index in [9.17, 15) is 0 Å². The predicted octanol–water partition coefficient (Wildman–Crippen LogP) is 3.64. The normalized spacial score (nSPS) is 14.9. The molecular weight excluding hydrogens is 412 g/mol. The lowest BCUT2D eigenvalue weighted by Gasteiger charge is -2.35. The van der Waals surface area contributed by atoms with Crippen molar-refractivity contribution in [3.8, 4) is 17.4 Å². The first-order chi connectivity index (χ1) is 15.3. The summed E-state index contributed by atoms with van der Waals surface area (Å²) in [6, 6.07) is 14.1. The summed E-state index contributed by atoms with van der Waals surface area (Å²) < 4.78 is 16.8. The van der Waals surface area contributed by atoms with Gasteiger partial charge in [0.1, 0.15) is 11.5 Å². The maximum Gasteiger partial charge on any atom is 0.223 e. The van der Waals surface area contributed by atoms with Crippen LogP contribution in [0.3, 0.4) is 0 Å². The third kappa shape index (κ3) is 4.52. The van der Waals surface area contributed by atoms with Gasteiger partial charge in [-0.2, -0.15) is 9.36 Å². The molecule has 1 fully saturated rings. The van der Waals surface area contributed by atoms with Gasteiger partial charge in [-0.25, -0.2) is 4.98 Å². The van der Waals surface area contributed by atoms with Crippen LogP contribution in [0.15, 0.2) is 47.0 Å². The van der Waals surface area contributed by atoms with Gasteiger partial charge in [-0.15, -0.1) is 0 Å². The highest BCUT2D eigenvalue weighted by atomic mass is 32.1. The maximum atomic E-state index is 5.85. The van der Waals surface area contributed by atoms with Crippen LogP contribution in [0.4, 0.5) is 5.82 Å². The summed E-state index contributed by atoms with van der Waals surface area (Å²) in [5.74, 6) is 2.71. The van der Waals surface area contributed by atoms with Gasteiger partial charge in [-0.3, -0.25) is 4.90 Å². The van der Waals surface area contributed by atoms with E-state index in [1.165, 1.54) is 10.1 Å². The molecule has 0 aliphatic carbocycles. The van der Waals surface area contributed by atoms with Crippen molar-refractivity contribution in [2.45, 2.75) is 13.3 Å². The number of pyridine rings is 1. The number of aromatic nitrogens is 4. The van der Waals surface area contributed by atoms with Crippen molar-refractivity contribution in [1.82, 2.24) is 24.4 Å². The number of fused-ring (bicyclic) bond motifs is 1. The Labute approximate surface area is 184 Å². The van der Waals surface area contributed by atoms with E-state index in [1.54, 1.807) is 18.5 Å². The Kier molecular flexibility index (Phi) is 5.77. The minimum atomic E-state index is 0.480. The molecule has 8 nitrogen and oxygen atoms in total. The number of ether oxygens (including phenoxy) is 1. The molecular formula is C22H24N6O2S. The van der Waals surface area contributed by atoms with Crippen molar-refractivity contribution in [3.05, 3.63) is 48.4 Å². The molecule has 0 spiro atoms. The molecule has 0 saturated carbocycles. The predicted molar refractivity (Wildman–Crippen MR) is 121 cm³/mol. The van der Waals surface area contributed by atoms with Crippen LogP contribution in [0.5, 0.6) is 5.88 Å². The molecule has 31 heavy (non-hydrogen) atoms. The molecule has 0 atom stereocenters. The molecule has 0 N–H and O–H groups in total. The smallest absolute Gasteiger partial charge is 0.223 e. The lowest BCUT2D eigenvalue weighted by molar-refractivity contribution is 0.222. The molecule has 0 radical (unpaired) electrons. The monoisotopic (exact) mass is 436 g/mol. The molecule has 1 aromatic carbocycles. The molecule has 9 heteroatoms. The Morgan fingerprint density at radius 2 is 1.90 bits per heavy atom. The van der Waals surface area contributed by atoms with Gasteiger partial charge in [0.25, 0.3) is 0 Å². The number of anilines is 1. The van der Waals surface area contributed by atoms with Crippen LogP contribution >= 0.6 is 11.5 Å². The van der Waals surface area contributed by atoms with Crippen molar-refractivity contribution in [3.63, 3.8) is 0 Å². The van der Waals surface area contributed by atoms with Crippen LogP contribution in [0.25, 0.3) is 21.6 Å². The fourth-order valence-corrected chi connectivity index (χ4v) is 4.57. The van der Waals surface area contributed by atoms with Gasteiger partial charge in [-0.1, -0.05) is 23.4 Å². The fourth-order valence-electron chi connectivity index (χ4n) is 3.77. The number of nitrogens with zero attached hydrogens (tertiary/aromatic N) is 6. The lowest BCUT2D eigenvalue weighted by atomic mass is 10.2. The highest BCUT2D eigenvalue weighted by Gasteiger charge is 2.20. The standard InChI is InChI=1S/C22H24N6O2S/c1-16-23-21(25-30-16)18-7-4-9-20(24-18)29-15-5-10-27-11-13-28(14-12-27)22-17-6-2-3-8-19(17)31-26-22/h2-4,6-9H,5,10-15H2,1H3. The second kappa shape index (κ2) is 8.99. The molecule has 1 aliphatic rings. The summed E-state index contributed by atoms with van der Waals surface area (Å²) >= 11 is 1.58. The first-order valence-corrected chi connectivity index (χ1v) is 11.3. The highest BCUT2D eigenvalue weighted by molar-refractivity contribution is 7.13. The van der Waals surface area contributed by atoms with Crippen LogP contribution in [0.2, 0.25) is 0 Å². The van der Waals surface area contributed by atoms with Crippen LogP contribution < -0.4 is 9.64 Å². The van der Waals surface area contributed by atoms with Crippen LogP contribution in [0, 0.1) is 6.92 Å². The molecule has 4 aromatic rings. The molecule has 0 bridgehead atoms. The molecule has 3 aromatic heterocycles. The van der Waals surface area contributed by atoms with E-state index in [0.717, 1.165) is 45.0 Å². The van der Waals surface area contributed by atoms with E-state index in [1.807, 2.05) is 18.2 Å². The SMILES string of the molecule is Cc1nc(-c2cccc(OCCCN3CCN(c4nsc5ccccc45)CC3)n2)no1. The number of benzene rings is 1. The Morgan fingerprint density at radius 3 is 2.74 bits per heavy atom. The molecule has 160 valence electrons. The third-order valence-electron chi connectivity index (χ3n) is 5.38. The third-order valence-corrected chi connectivity index (χ3v) is 6.20. The Bertz CT molecular complexity index is 1150. The van der Waals surface area contributed by atoms with E-state index < -0.39 is 0 Å². The van der Waals surface area contributed by atoms with Crippen molar-refractivity contribution in [1.29, 1.82) is 0 Å². The van der Waals surface area contributed by atoms with E-state index >= 15 is 0 Å². The first kappa shape index (κ1) is 19.9. The molecule has 1 saturated heterocycles. The Balaban J connectivity index is 1.08. The zero-order valence-electron chi connectivity index (χ0n) is 17.4. The number of hydrogen-bond donors (Lipinski definition) is 0. The fraction of sp³-hybridized carbons (Fsp3) is 0.364. The first-order valence-electron chi connectivity index (χ1n) is 10.5. The minimum Gasteiger partial charge on any atom is -0.478 e. The number of rotatable bonds is 7. The van der Waals surface area contributed by atoms with Gasteiger partial charge in [0, 0.05) is 51.1 Å². The van der Waals surface area contributed by atoms with E-state index in [0.29, 0.717) is 29.9 Å². The number of hydrogen-bond acceptors (Lipinski definition) is 9. The second-order valence-corrected chi connectivity index (χ2v) is 8.34. The van der Waals surface area contributed by atoms with Crippen molar-refractivity contribution >= 4 is 27.4 Å². The van der Waals surface area contributed by atoms with E-state index in [4.69, 9.17) is 13.6 Å². The average Bonchev–Trinajstić information content (AvgIpc) is 3.44. The number of aryl methyl sites for hydroxylation is 1. The number of piperazine rings is 1. The summed E-state index contributed by atoms with van der Waals surface area (Å²) in [5, 5.41) is 5.17. The van der Waals surface area contributed by atoms with Gasteiger partial charge in [0.2, 0.25) is 17.6 Å². The van der Waals surface area contributed by atoms with E-state index in [2.05, 4.69) is 49.2 Å². The molecule has 0 amide bonds. The van der Waals surface area contributed by atoms with Gasteiger partial charge in [-0.05, 0) is 36.2 Å². The Hall–Kier alpha value is -3.04. The minimum absolute atomic E-state index is 0.480. The zero-order valence-corrected chi connectivity index (χ0v) is 18.2. The topological polar surface area (TPSA) is 80.4 Å². The average molecular weight is 437 g/mol. The maximum absolute atomic E-state index is 5.85. The molecule has 1 aliphatic heterocycles. The van der Waals surface area contributed by atoms with Gasteiger partial charge < -0.3 is 14.2 Å². The summed E-state index contributed by atoms with van der Waals surface area (Å²) in [4.78, 5) is 13.6. The van der Waals surface area contributed by atoms with Gasteiger partial charge >= 0.3 is 0 Å². The molecule has 0 unspecified atom stereocenters. The zero-order chi connectivity index (χ0) is 21.0. The molecule has 4 heterocycles. The van der Waals surface area contributed by atoms with Crippen molar-refractivity contribution < 1.29 is 9.26 Å². The highest BCUT2D eigenvalue weighted by Crippen LogP contribution is 2.29. The Morgan fingerprint density at radius 1 is 1.03 bits per heavy atom. The summed E-state index contributed by atoms with van der Waals surface area (Å²) in [6.45, 7) is 7.47. The summed E-state index contributed by atoms with van der Waals surface area (Å²) in [5.41, 5.74) is 0.653. The lowest BCUT2D eigenvalue weighted by Crippen LogP contribution is -2.47. The van der Waals surface area contributed by atoms with Crippen molar-refractivity contribution in [2.24, 2.45) is 0 Å². The largest absolute Gasteiger partial charge is 0.478 e. The van der Waals surface area contributed by atoms with Crippen LogP contribution in [-0.2, 0) is 0 Å². The van der Waals surface area contributed by atoms with Crippen LogP contribution in [0.1, 0.15) is 12.3 Å². The second-order valence-electron chi connectivity index (χ2n) is 7.53. The quantitative estimate of drug-likeness (QED) is 0.406. The van der Waals surface area contributed by atoms with Gasteiger partial charge in [0.05, 0.1) is 11.3 Å². The summed E-state index contributed by atoms with van der Waals surface area (Å²) in [6.07, 6.45) is 0.951. The van der Waals surface area contributed by atoms with Crippen LogP contribution in [-0.4, -0.2) is 63.7 Å². The van der Waals surface area contributed by atoms with Gasteiger partial charge in [0.15, 0.2) is 0 Å².